The largest absolute Gasteiger partial charge is 0.341 e. The predicted molar refractivity (Wildman–Crippen MR) is 62.2 cm³/mol. The summed E-state index contributed by atoms with van der Waals surface area (Å²) in [7, 11) is 0. The van der Waals surface area contributed by atoms with Crippen LogP contribution < -0.4 is 10.9 Å². The topological polar surface area (TPSA) is 51.1 Å². The smallest absolute Gasteiger partial charge is 0.253 e. The Morgan fingerprint density at radius 3 is 2.94 bits per heavy atom. The maximum absolute atomic E-state index is 11.5. The van der Waals surface area contributed by atoms with Crippen LogP contribution in [0.1, 0.15) is 23.7 Å². The standard InChI is InChI=1S/C12H14N2O2/c1-3-7-13-12(16)10-5-6-11(15)14(9-10)8-4-2/h1,5-6,9H,4,7-8H2,2H3,(H,13,16). The summed E-state index contributed by atoms with van der Waals surface area (Å²) in [4.78, 5) is 22.9. The van der Waals surface area contributed by atoms with Crippen LogP contribution in [0.25, 0.3) is 0 Å². The molecular weight excluding hydrogens is 204 g/mol. The van der Waals surface area contributed by atoms with E-state index in [1.54, 1.807) is 6.20 Å². The Hall–Kier alpha value is -2.02. The first-order valence-corrected chi connectivity index (χ1v) is 5.11. The van der Waals surface area contributed by atoms with Crippen molar-refractivity contribution < 1.29 is 4.79 Å². The van der Waals surface area contributed by atoms with Gasteiger partial charge in [-0.2, -0.15) is 0 Å². The Balaban J connectivity index is 2.90. The highest BCUT2D eigenvalue weighted by Gasteiger charge is 2.05. The molecule has 0 saturated carbocycles. The summed E-state index contributed by atoms with van der Waals surface area (Å²) in [6, 6.07) is 2.89. The van der Waals surface area contributed by atoms with E-state index in [4.69, 9.17) is 6.42 Å². The van der Waals surface area contributed by atoms with Gasteiger partial charge in [0, 0.05) is 18.8 Å². The third-order valence-electron chi connectivity index (χ3n) is 2.06. The Bertz CT molecular complexity index is 469. The van der Waals surface area contributed by atoms with Gasteiger partial charge in [-0.05, 0) is 12.5 Å². The van der Waals surface area contributed by atoms with Crippen LogP contribution in [-0.2, 0) is 6.54 Å². The molecule has 1 amide bonds. The normalized spacial score (nSPS) is 9.50. The molecule has 0 aliphatic heterocycles. The lowest BCUT2D eigenvalue weighted by atomic mass is 10.2. The summed E-state index contributed by atoms with van der Waals surface area (Å²) in [6.45, 7) is 2.76. The van der Waals surface area contributed by atoms with Crippen molar-refractivity contribution >= 4 is 5.91 Å². The number of nitrogens with zero attached hydrogens (tertiary/aromatic N) is 1. The van der Waals surface area contributed by atoms with Crippen LogP contribution in [0.5, 0.6) is 0 Å². The van der Waals surface area contributed by atoms with Crippen LogP contribution in [0.4, 0.5) is 0 Å². The Morgan fingerprint density at radius 1 is 1.56 bits per heavy atom. The number of pyridine rings is 1. The molecule has 0 atom stereocenters. The number of aromatic nitrogens is 1. The van der Waals surface area contributed by atoms with E-state index in [0.717, 1.165) is 6.42 Å². The van der Waals surface area contributed by atoms with E-state index < -0.39 is 0 Å². The van der Waals surface area contributed by atoms with E-state index in [1.807, 2.05) is 6.92 Å². The lowest BCUT2D eigenvalue weighted by Gasteiger charge is -2.06. The van der Waals surface area contributed by atoms with Gasteiger partial charge in [0.15, 0.2) is 0 Å². The van der Waals surface area contributed by atoms with Crippen LogP contribution in [-0.4, -0.2) is 17.0 Å². The summed E-state index contributed by atoms with van der Waals surface area (Å²) in [6.07, 6.45) is 7.43. The summed E-state index contributed by atoms with van der Waals surface area (Å²) in [5, 5.41) is 2.55. The number of rotatable bonds is 4. The van der Waals surface area contributed by atoms with Gasteiger partial charge in [-0.15, -0.1) is 6.42 Å². The number of carbonyl (C=O) groups is 1. The molecule has 84 valence electrons. The molecule has 0 aromatic carbocycles. The molecular formula is C12H14N2O2. The predicted octanol–water partition coefficient (Wildman–Crippen LogP) is 0.621. The first-order chi connectivity index (χ1) is 7.69. The molecule has 0 fully saturated rings. The van der Waals surface area contributed by atoms with Crippen LogP contribution in [0.3, 0.4) is 0 Å². The SMILES string of the molecule is C#CCNC(=O)c1ccc(=O)n(CCC)c1. The number of hydrogen-bond acceptors (Lipinski definition) is 2. The first-order valence-electron chi connectivity index (χ1n) is 5.11. The highest BCUT2D eigenvalue weighted by atomic mass is 16.1. The van der Waals surface area contributed by atoms with Crippen molar-refractivity contribution in [3.05, 3.63) is 34.2 Å². The minimum absolute atomic E-state index is 0.102. The molecule has 1 rings (SSSR count). The molecule has 1 N–H and O–H groups in total. The lowest BCUT2D eigenvalue weighted by Crippen LogP contribution is -2.26. The minimum Gasteiger partial charge on any atom is -0.341 e. The molecule has 16 heavy (non-hydrogen) atoms. The number of nitrogens with one attached hydrogen (secondary N) is 1. The molecule has 1 aromatic heterocycles. The van der Waals surface area contributed by atoms with Gasteiger partial charge in [0.1, 0.15) is 0 Å². The zero-order valence-electron chi connectivity index (χ0n) is 9.19. The average Bonchev–Trinajstić information content (AvgIpc) is 2.29. The van der Waals surface area contributed by atoms with Crippen LogP contribution in [0.2, 0.25) is 0 Å². The summed E-state index contributed by atoms with van der Waals surface area (Å²) in [5.41, 5.74) is 0.346. The van der Waals surface area contributed by atoms with Crippen molar-refractivity contribution in [2.45, 2.75) is 19.9 Å². The van der Waals surface area contributed by atoms with Crippen molar-refractivity contribution in [1.82, 2.24) is 9.88 Å². The second kappa shape index (κ2) is 5.76. The second-order valence-electron chi connectivity index (χ2n) is 3.34. The number of amides is 1. The van der Waals surface area contributed by atoms with Gasteiger partial charge in [-0.25, -0.2) is 0 Å². The van der Waals surface area contributed by atoms with Gasteiger partial charge in [0.05, 0.1) is 12.1 Å². The number of aryl methyl sites for hydroxylation is 1. The number of terminal acetylenes is 1. The molecule has 4 heteroatoms. The maximum Gasteiger partial charge on any atom is 0.253 e. The van der Waals surface area contributed by atoms with Gasteiger partial charge in [0.2, 0.25) is 0 Å². The van der Waals surface area contributed by atoms with Crippen molar-refractivity contribution in [3.63, 3.8) is 0 Å². The molecule has 0 unspecified atom stereocenters. The molecule has 4 nitrogen and oxygen atoms in total. The molecule has 1 heterocycles. The van der Waals surface area contributed by atoms with E-state index >= 15 is 0 Å². The zero-order valence-corrected chi connectivity index (χ0v) is 9.19. The van der Waals surface area contributed by atoms with Crippen LogP contribution >= 0.6 is 0 Å². The Kier molecular flexibility index (Phi) is 4.34. The van der Waals surface area contributed by atoms with Crippen molar-refractivity contribution in [1.29, 1.82) is 0 Å². The molecule has 0 bridgehead atoms. The van der Waals surface area contributed by atoms with Gasteiger partial charge >= 0.3 is 0 Å². The molecule has 0 saturated heterocycles. The molecule has 0 aliphatic carbocycles. The lowest BCUT2D eigenvalue weighted by molar-refractivity contribution is 0.0958. The van der Waals surface area contributed by atoms with Crippen molar-refractivity contribution in [3.8, 4) is 12.3 Å². The quantitative estimate of drug-likeness (QED) is 0.753. The summed E-state index contributed by atoms with van der Waals surface area (Å²) < 4.78 is 1.52. The van der Waals surface area contributed by atoms with E-state index in [2.05, 4.69) is 11.2 Å². The fraction of sp³-hybridized carbons (Fsp3) is 0.333. The third-order valence-corrected chi connectivity index (χ3v) is 2.06. The van der Waals surface area contributed by atoms with Crippen LogP contribution in [0, 0.1) is 12.3 Å². The first kappa shape index (κ1) is 12.1. The summed E-state index contributed by atoms with van der Waals surface area (Å²) >= 11 is 0. The molecule has 0 radical (unpaired) electrons. The fourth-order valence-electron chi connectivity index (χ4n) is 1.31. The monoisotopic (exact) mass is 218 g/mol. The maximum atomic E-state index is 11.5. The van der Waals surface area contributed by atoms with Gasteiger partial charge in [-0.3, -0.25) is 9.59 Å². The highest BCUT2D eigenvalue weighted by Crippen LogP contribution is 1.96. The van der Waals surface area contributed by atoms with Crippen molar-refractivity contribution in [2.75, 3.05) is 6.54 Å². The van der Waals surface area contributed by atoms with E-state index in [0.29, 0.717) is 12.1 Å². The fourth-order valence-corrected chi connectivity index (χ4v) is 1.31. The average molecular weight is 218 g/mol. The third kappa shape index (κ3) is 2.99. The second-order valence-corrected chi connectivity index (χ2v) is 3.34. The summed E-state index contributed by atoms with van der Waals surface area (Å²) in [5.74, 6) is 2.06. The minimum atomic E-state index is -0.261. The number of carbonyl (C=O) groups excluding carboxylic acids is 1. The van der Waals surface area contributed by atoms with Gasteiger partial charge in [0.25, 0.3) is 11.5 Å². The van der Waals surface area contributed by atoms with E-state index in [1.165, 1.54) is 16.7 Å². The van der Waals surface area contributed by atoms with Crippen LogP contribution in [0.15, 0.2) is 23.1 Å². The molecule has 0 spiro atoms. The van der Waals surface area contributed by atoms with E-state index in [9.17, 15) is 9.59 Å². The number of hydrogen-bond donors (Lipinski definition) is 1. The van der Waals surface area contributed by atoms with Crippen molar-refractivity contribution in [2.24, 2.45) is 0 Å². The zero-order chi connectivity index (χ0) is 12.0. The Morgan fingerprint density at radius 2 is 2.31 bits per heavy atom. The van der Waals surface area contributed by atoms with Gasteiger partial charge < -0.3 is 9.88 Å². The Labute approximate surface area is 94.3 Å². The van der Waals surface area contributed by atoms with E-state index in [-0.39, 0.29) is 18.0 Å². The highest BCUT2D eigenvalue weighted by molar-refractivity contribution is 5.93. The molecule has 0 aliphatic rings. The van der Waals surface area contributed by atoms with Gasteiger partial charge in [-0.1, -0.05) is 12.8 Å². The molecule has 1 aromatic rings.